The monoisotopic (exact) mass is 272 g/mol. The molecule has 0 spiro atoms. The molecule has 2 rings (SSSR count). The molecule has 0 aliphatic carbocycles. The summed E-state index contributed by atoms with van der Waals surface area (Å²) in [5.41, 5.74) is 2.00. The fourth-order valence-corrected chi connectivity index (χ4v) is 1.97. The highest BCUT2D eigenvalue weighted by Crippen LogP contribution is 2.13. The zero-order valence-corrected chi connectivity index (χ0v) is 12.2. The maximum Gasteiger partial charge on any atom is 0.122 e. The Kier molecular flexibility index (Phi) is 5.01. The number of hydrogen-bond acceptors (Lipinski definition) is 5. The van der Waals surface area contributed by atoms with Gasteiger partial charge in [-0.25, -0.2) is 0 Å². The summed E-state index contributed by atoms with van der Waals surface area (Å²) in [7, 11) is 3.75. The van der Waals surface area contributed by atoms with Crippen LogP contribution in [-0.4, -0.2) is 40.1 Å². The molecule has 1 atom stereocenters. The molecular weight excluding hydrogens is 252 g/mol. The molecule has 2 aromatic heterocycles. The van der Waals surface area contributed by atoms with Gasteiger partial charge in [-0.3, -0.25) is 19.9 Å². The minimum absolute atomic E-state index is 0.361. The average Bonchev–Trinajstić information content (AvgIpc) is 2.48. The lowest BCUT2D eigenvalue weighted by Crippen LogP contribution is -2.31. The first kappa shape index (κ1) is 14.4. The molecule has 0 saturated carbocycles. The van der Waals surface area contributed by atoms with Crippen molar-refractivity contribution in [1.82, 2.24) is 19.9 Å². The summed E-state index contributed by atoms with van der Waals surface area (Å²) >= 11 is 0. The Morgan fingerprint density at radius 3 is 2.70 bits per heavy atom. The number of pyridine rings is 1. The predicted molar refractivity (Wildman–Crippen MR) is 77.5 cm³/mol. The van der Waals surface area contributed by atoms with Gasteiger partial charge in [0.2, 0.25) is 0 Å². The third-order valence-corrected chi connectivity index (χ3v) is 3.31. The summed E-state index contributed by atoms with van der Waals surface area (Å²) in [5, 5.41) is 0. The first-order chi connectivity index (χ1) is 9.69. The van der Waals surface area contributed by atoms with Gasteiger partial charge in [0.05, 0.1) is 18.5 Å². The molecule has 0 amide bonds. The van der Waals surface area contributed by atoms with Crippen LogP contribution < -0.4 is 4.74 Å². The van der Waals surface area contributed by atoms with Crippen LogP contribution in [0.1, 0.15) is 18.3 Å². The Balaban J connectivity index is 1.95. The van der Waals surface area contributed by atoms with Gasteiger partial charge >= 0.3 is 0 Å². The van der Waals surface area contributed by atoms with E-state index in [1.165, 1.54) is 0 Å². The Hall–Kier alpha value is -2.01. The van der Waals surface area contributed by atoms with Crippen LogP contribution in [0.15, 0.2) is 36.9 Å². The number of aromatic nitrogens is 3. The van der Waals surface area contributed by atoms with Crippen LogP contribution in [0.2, 0.25) is 0 Å². The molecule has 0 N–H and O–H groups in total. The second kappa shape index (κ2) is 6.96. The highest BCUT2D eigenvalue weighted by Gasteiger charge is 2.12. The highest BCUT2D eigenvalue weighted by atomic mass is 16.5. The standard InChI is InChI=1S/C15H20N4O/c1-12(8-13-10-16-6-7-18-13)19(2)11-14-9-15(20-3)4-5-17-14/h4-7,9-10,12H,8,11H2,1-3H3/t12-/m0/s1. The highest BCUT2D eigenvalue weighted by molar-refractivity contribution is 5.22. The summed E-state index contributed by atoms with van der Waals surface area (Å²) in [4.78, 5) is 15.0. The van der Waals surface area contributed by atoms with E-state index in [0.717, 1.165) is 30.1 Å². The van der Waals surface area contributed by atoms with Crippen molar-refractivity contribution in [3.05, 3.63) is 48.3 Å². The number of methoxy groups -OCH3 is 1. The van der Waals surface area contributed by atoms with Crippen LogP contribution in [0, 0.1) is 0 Å². The summed E-state index contributed by atoms with van der Waals surface area (Å²) in [5.74, 6) is 0.838. The lowest BCUT2D eigenvalue weighted by Gasteiger charge is -2.24. The van der Waals surface area contributed by atoms with Crippen LogP contribution in [0.25, 0.3) is 0 Å². The van der Waals surface area contributed by atoms with Crippen molar-refractivity contribution in [3.63, 3.8) is 0 Å². The van der Waals surface area contributed by atoms with Gasteiger partial charge in [-0.05, 0) is 20.0 Å². The molecule has 0 aliphatic rings. The molecule has 5 heteroatoms. The van der Waals surface area contributed by atoms with Crippen molar-refractivity contribution >= 4 is 0 Å². The SMILES string of the molecule is COc1ccnc(CN(C)[C@@H](C)Cc2cnccn2)c1. The van der Waals surface area contributed by atoms with Crippen molar-refractivity contribution in [3.8, 4) is 5.75 Å². The molecule has 0 fully saturated rings. The molecule has 0 bridgehead atoms. The van der Waals surface area contributed by atoms with E-state index >= 15 is 0 Å². The zero-order valence-electron chi connectivity index (χ0n) is 12.2. The first-order valence-corrected chi connectivity index (χ1v) is 6.63. The molecule has 2 heterocycles. The van der Waals surface area contributed by atoms with Crippen LogP contribution in [0.5, 0.6) is 5.75 Å². The minimum Gasteiger partial charge on any atom is -0.497 e. The molecular formula is C15H20N4O. The number of nitrogens with zero attached hydrogens (tertiary/aromatic N) is 4. The van der Waals surface area contributed by atoms with E-state index in [4.69, 9.17) is 4.74 Å². The van der Waals surface area contributed by atoms with Crippen molar-refractivity contribution in [2.24, 2.45) is 0 Å². The molecule has 20 heavy (non-hydrogen) atoms. The lowest BCUT2D eigenvalue weighted by atomic mass is 10.1. The van der Waals surface area contributed by atoms with Gasteiger partial charge in [-0.1, -0.05) is 0 Å². The number of hydrogen-bond donors (Lipinski definition) is 0. The van der Waals surface area contributed by atoms with E-state index in [0.29, 0.717) is 6.04 Å². The normalized spacial score (nSPS) is 12.4. The first-order valence-electron chi connectivity index (χ1n) is 6.63. The molecule has 0 aliphatic heterocycles. The Bertz CT molecular complexity index is 532. The van der Waals surface area contributed by atoms with Crippen LogP contribution in [0.4, 0.5) is 0 Å². The van der Waals surface area contributed by atoms with Gasteiger partial charge in [-0.15, -0.1) is 0 Å². The molecule has 5 nitrogen and oxygen atoms in total. The fourth-order valence-electron chi connectivity index (χ4n) is 1.97. The molecule has 2 aromatic rings. The van der Waals surface area contributed by atoms with E-state index in [9.17, 15) is 0 Å². The van der Waals surface area contributed by atoms with Gasteiger partial charge in [0.15, 0.2) is 0 Å². The summed E-state index contributed by atoms with van der Waals surface area (Å²) in [6, 6.07) is 4.18. The third kappa shape index (κ3) is 3.99. The van der Waals surface area contributed by atoms with Crippen molar-refractivity contribution < 1.29 is 4.74 Å². The fraction of sp³-hybridized carbons (Fsp3) is 0.400. The second-order valence-corrected chi connectivity index (χ2v) is 4.85. The Labute approximate surface area is 119 Å². The van der Waals surface area contributed by atoms with Gasteiger partial charge in [0.1, 0.15) is 5.75 Å². The van der Waals surface area contributed by atoms with E-state index < -0.39 is 0 Å². The minimum atomic E-state index is 0.361. The van der Waals surface area contributed by atoms with E-state index in [1.54, 1.807) is 25.7 Å². The Morgan fingerprint density at radius 1 is 1.20 bits per heavy atom. The molecule has 0 saturated heterocycles. The summed E-state index contributed by atoms with van der Waals surface area (Å²) in [6.07, 6.45) is 7.88. The van der Waals surface area contributed by atoms with E-state index in [-0.39, 0.29) is 0 Å². The number of ether oxygens (including phenoxy) is 1. The number of rotatable bonds is 6. The maximum absolute atomic E-state index is 5.22. The van der Waals surface area contributed by atoms with Crippen molar-refractivity contribution in [1.29, 1.82) is 0 Å². The van der Waals surface area contributed by atoms with Crippen LogP contribution in [0.3, 0.4) is 0 Å². The number of likely N-dealkylation sites (N-methyl/N-ethyl adjacent to an activating group) is 1. The van der Waals surface area contributed by atoms with Crippen LogP contribution >= 0.6 is 0 Å². The van der Waals surface area contributed by atoms with Gasteiger partial charge in [0.25, 0.3) is 0 Å². The van der Waals surface area contributed by atoms with Gasteiger partial charge in [-0.2, -0.15) is 0 Å². The average molecular weight is 272 g/mol. The van der Waals surface area contributed by atoms with Gasteiger partial charge in [0, 0.05) is 49.9 Å². The second-order valence-electron chi connectivity index (χ2n) is 4.85. The van der Waals surface area contributed by atoms with Crippen molar-refractivity contribution in [2.75, 3.05) is 14.2 Å². The smallest absolute Gasteiger partial charge is 0.122 e. The van der Waals surface area contributed by atoms with Gasteiger partial charge < -0.3 is 4.74 Å². The quantitative estimate of drug-likeness (QED) is 0.804. The van der Waals surface area contributed by atoms with Crippen LogP contribution in [-0.2, 0) is 13.0 Å². The molecule has 0 aromatic carbocycles. The van der Waals surface area contributed by atoms with E-state index in [2.05, 4.69) is 33.8 Å². The third-order valence-electron chi connectivity index (χ3n) is 3.31. The lowest BCUT2D eigenvalue weighted by molar-refractivity contribution is 0.243. The molecule has 0 unspecified atom stereocenters. The summed E-state index contributed by atoms with van der Waals surface area (Å²) in [6.45, 7) is 2.95. The Morgan fingerprint density at radius 2 is 2.00 bits per heavy atom. The van der Waals surface area contributed by atoms with Crippen molar-refractivity contribution in [2.45, 2.75) is 25.9 Å². The van der Waals surface area contributed by atoms with E-state index in [1.807, 2.05) is 18.3 Å². The summed E-state index contributed by atoms with van der Waals surface area (Å²) < 4.78 is 5.22. The molecule has 0 radical (unpaired) electrons. The largest absolute Gasteiger partial charge is 0.497 e. The maximum atomic E-state index is 5.22. The molecule has 106 valence electrons. The topological polar surface area (TPSA) is 51.1 Å². The predicted octanol–water partition coefficient (Wildman–Crippen LogP) is 1.94. The zero-order chi connectivity index (χ0) is 14.4.